The molecule has 1 heterocycles. The summed E-state index contributed by atoms with van der Waals surface area (Å²) in [6.07, 6.45) is 18.2. The molecule has 39 heavy (non-hydrogen) atoms. The average molecular weight is 570 g/mol. The van der Waals surface area contributed by atoms with Crippen LogP contribution < -0.4 is 14.6 Å². The van der Waals surface area contributed by atoms with Crippen molar-refractivity contribution in [1.29, 1.82) is 0 Å². The first-order valence-electron chi connectivity index (χ1n) is 14.8. The van der Waals surface area contributed by atoms with Crippen molar-refractivity contribution in [2.24, 2.45) is 0 Å². The molecule has 4 nitrogen and oxygen atoms in total. The smallest absolute Gasteiger partial charge is 0.228 e. The molecule has 1 amide bonds. The second kappa shape index (κ2) is 18.1. The molecule has 1 aromatic heterocycles. The fraction of sp³-hybridized carbons (Fsp3) is 0.515. The second-order valence-electron chi connectivity index (χ2n) is 10.5. The third-order valence-corrected chi connectivity index (χ3v) is 8.05. The molecule has 0 saturated heterocycles. The van der Waals surface area contributed by atoms with Gasteiger partial charge in [-0.3, -0.25) is 4.79 Å². The highest BCUT2D eigenvalue weighted by Gasteiger charge is 2.11. The van der Waals surface area contributed by atoms with Gasteiger partial charge in [0.2, 0.25) is 11.4 Å². The first-order chi connectivity index (χ1) is 19.0. The first kappa shape index (κ1) is 31.2. The van der Waals surface area contributed by atoms with Crippen molar-refractivity contribution < 1.29 is 14.1 Å². The van der Waals surface area contributed by atoms with Crippen LogP contribution in [0.2, 0.25) is 5.02 Å². The Bertz CT molecular complexity index is 1110. The Morgan fingerprint density at radius 1 is 0.897 bits per heavy atom. The lowest BCUT2D eigenvalue weighted by molar-refractivity contribution is -0.683. The van der Waals surface area contributed by atoms with Gasteiger partial charge < -0.3 is 10.1 Å². The molecule has 0 fully saturated rings. The van der Waals surface area contributed by atoms with Gasteiger partial charge in [-0.15, -0.1) is 0 Å². The van der Waals surface area contributed by atoms with Crippen LogP contribution in [0.15, 0.2) is 54.2 Å². The molecule has 1 N–H and O–H groups in total. The van der Waals surface area contributed by atoms with Crippen LogP contribution in [0, 0.1) is 6.92 Å². The summed E-state index contributed by atoms with van der Waals surface area (Å²) in [5.41, 5.74) is 4.97. The Kier molecular flexibility index (Phi) is 14.4. The van der Waals surface area contributed by atoms with Crippen molar-refractivity contribution in [3.63, 3.8) is 0 Å². The molecule has 0 unspecified atom stereocenters. The Hall–Kier alpha value is -2.37. The number of amides is 1. The molecule has 0 saturated carbocycles. The minimum atomic E-state index is -0.0666. The number of aromatic nitrogens is 1. The van der Waals surface area contributed by atoms with E-state index in [2.05, 4.69) is 47.6 Å². The van der Waals surface area contributed by atoms with Crippen molar-refractivity contribution in [3.05, 3.63) is 75.2 Å². The first-order valence-corrected chi connectivity index (χ1v) is 16.0. The second-order valence-corrected chi connectivity index (χ2v) is 12.1. The van der Waals surface area contributed by atoms with Crippen molar-refractivity contribution in [2.45, 2.75) is 104 Å². The third-order valence-electron chi connectivity index (χ3n) is 6.96. The van der Waals surface area contributed by atoms with Gasteiger partial charge in [0.1, 0.15) is 5.75 Å². The topological polar surface area (TPSA) is 42.2 Å². The molecule has 3 rings (SSSR count). The minimum absolute atomic E-state index is 0.0666. The van der Waals surface area contributed by atoms with Crippen molar-refractivity contribution in [3.8, 4) is 5.75 Å². The van der Waals surface area contributed by atoms with E-state index in [-0.39, 0.29) is 12.3 Å². The minimum Gasteiger partial charge on any atom is -0.493 e. The highest BCUT2D eigenvalue weighted by atomic mass is 35.5. The van der Waals surface area contributed by atoms with Crippen molar-refractivity contribution >= 4 is 34.5 Å². The van der Waals surface area contributed by atoms with E-state index < -0.39 is 0 Å². The largest absolute Gasteiger partial charge is 0.493 e. The summed E-state index contributed by atoms with van der Waals surface area (Å²) < 4.78 is 8.24. The SMILES string of the molecule is CCCCCCCCCCCCCCOc1cc(Cl)ccc1CC(=O)Nc1ccc(C[n+]2csc(C)c2)cc1. The van der Waals surface area contributed by atoms with E-state index in [1.54, 1.807) is 11.3 Å². The Morgan fingerprint density at radius 2 is 1.54 bits per heavy atom. The van der Waals surface area contributed by atoms with Gasteiger partial charge in [-0.2, -0.15) is 4.57 Å². The van der Waals surface area contributed by atoms with Gasteiger partial charge in [-0.1, -0.05) is 119 Å². The quantitative estimate of drug-likeness (QED) is 0.115. The molecule has 0 spiro atoms. The molecule has 0 aliphatic carbocycles. The number of halogens is 1. The maximum atomic E-state index is 12.8. The highest BCUT2D eigenvalue weighted by Crippen LogP contribution is 2.25. The van der Waals surface area contributed by atoms with Gasteiger partial charge in [0.15, 0.2) is 12.7 Å². The van der Waals surface area contributed by atoms with Gasteiger partial charge >= 0.3 is 0 Å². The van der Waals surface area contributed by atoms with E-state index in [4.69, 9.17) is 16.3 Å². The number of nitrogens with one attached hydrogen (secondary N) is 1. The zero-order chi connectivity index (χ0) is 27.7. The summed E-state index contributed by atoms with van der Waals surface area (Å²) in [6.45, 7) is 5.85. The number of ether oxygens (including phenoxy) is 1. The summed E-state index contributed by atoms with van der Waals surface area (Å²) in [4.78, 5) is 14.1. The molecular weight excluding hydrogens is 524 g/mol. The summed E-state index contributed by atoms with van der Waals surface area (Å²) >= 11 is 7.97. The van der Waals surface area contributed by atoms with Crippen LogP contribution in [-0.2, 0) is 17.8 Å². The number of thiazole rings is 1. The van der Waals surface area contributed by atoms with Gasteiger partial charge in [-0.05, 0) is 37.6 Å². The number of benzene rings is 2. The van der Waals surface area contributed by atoms with Crippen LogP contribution in [0.3, 0.4) is 0 Å². The fourth-order valence-corrected chi connectivity index (χ4v) is 5.54. The molecule has 0 radical (unpaired) electrons. The van der Waals surface area contributed by atoms with E-state index in [9.17, 15) is 4.79 Å². The van der Waals surface area contributed by atoms with E-state index in [1.807, 2.05) is 30.3 Å². The van der Waals surface area contributed by atoms with Gasteiger partial charge in [-0.25, -0.2) is 0 Å². The van der Waals surface area contributed by atoms with Crippen LogP contribution in [-0.4, -0.2) is 12.5 Å². The van der Waals surface area contributed by atoms with Crippen molar-refractivity contribution in [1.82, 2.24) is 0 Å². The molecule has 2 aromatic carbocycles. The molecule has 0 aliphatic heterocycles. The van der Waals surface area contributed by atoms with E-state index >= 15 is 0 Å². The van der Waals surface area contributed by atoms with Gasteiger partial charge in [0.25, 0.3) is 0 Å². The van der Waals surface area contributed by atoms with Crippen molar-refractivity contribution in [2.75, 3.05) is 11.9 Å². The number of hydrogen-bond acceptors (Lipinski definition) is 3. The zero-order valence-corrected chi connectivity index (χ0v) is 25.4. The average Bonchev–Trinajstić information content (AvgIpc) is 3.33. The number of nitrogens with zero attached hydrogens (tertiary/aromatic N) is 1. The van der Waals surface area contributed by atoms with E-state index in [0.29, 0.717) is 17.4 Å². The Labute approximate surface area is 244 Å². The lowest BCUT2D eigenvalue weighted by atomic mass is 10.1. The monoisotopic (exact) mass is 569 g/mol. The van der Waals surface area contributed by atoms with Gasteiger partial charge in [0, 0.05) is 21.8 Å². The molecule has 6 heteroatoms. The molecule has 3 aromatic rings. The summed E-state index contributed by atoms with van der Waals surface area (Å²) in [6, 6.07) is 13.6. The lowest BCUT2D eigenvalue weighted by Gasteiger charge is -2.13. The van der Waals surface area contributed by atoms with Crippen LogP contribution in [0.4, 0.5) is 5.69 Å². The fourth-order valence-electron chi connectivity index (χ4n) is 4.74. The molecule has 0 aliphatic rings. The maximum absolute atomic E-state index is 12.8. The predicted molar refractivity (Wildman–Crippen MR) is 165 cm³/mol. The number of anilines is 1. The maximum Gasteiger partial charge on any atom is 0.228 e. The van der Waals surface area contributed by atoms with Crippen LogP contribution in [0.5, 0.6) is 5.75 Å². The van der Waals surface area contributed by atoms with E-state index in [0.717, 1.165) is 24.2 Å². The molecule has 0 atom stereocenters. The zero-order valence-electron chi connectivity index (χ0n) is 23.9. The Morgan fingerprint density at radius 3 is 2.15 bits per heavy atom. The highest BCUT2D eigenvalue weighted by molar-refractivity contribution is 7.09. The molecule has 0 bridgehead atoms. The summed E-state index contributed by atoms with van der Waals surface area (Å²) in [7, 11) is 0. The number of carbonyl (C=O) groups excluding carboxylic acids is 1. The van der Waals surface area contributed by atoms with Crippen LogP contribution in [0.1, 0.15) is 100.0 Å². The number of hydrogen-bond donors (Lipinski definition) is 1. The summed E-state index contributed by atoms with van der Waals surface area (Å²) in [5.74, 6) is 0.641. The van der Waals surface area contributed by atoms with Gasteiger partial charge in [0.05, 0.1) is 17.9 Å². The summed E-state index contributed by atoms with van der Waals surface area (Å²) in [5, 5.41) is 3.64. The number of aryl methyl sites for hydroxylation is 1. The lowest BCUT2D eigenvalue weighted by Crippen LogP contribution is -2.30. The Balaban J connectivity index is 1.34. The molecule has 212 valence electrons. The van der Waals surface area contributed by atoms with Crippen LogP contribution >= 0.6 is 22.9 Å². The normalized spacial score (nSPS) is 11.1. The number of unbranched alkanes of at least 4 members (excludes halogenated alkanes) is 11. The molecular formula is C33H46ClN2O2S+. The third kappa shape index (κ3) is 12.6. The van der Waals surface area contributed by atoms with E-state index in [1.165, 1.54) is 81.1 Å². The predicted octanol–water partition coefficient (Wildman–Crippen LogP) is 9.31. The number of carbonyl (C=O) groups is 1. The number of rotatable bonds is 19. The standard InChI is InChI=1S/C33H45ClN2O2S/c1-3-4-5-6-7-8-9-10-11-12-13-14-21-38-32-23-30(34)18-17-29(32)22-33(37)35-31-19-15-28(16-20-31)25-36-24-27(2)39-26-36/h15-20,23-24,26H,3-14,21-22,25H2,1-2H3/p+1. The van der Waals surface area contributed by atoms with Crippen LogP contribution in [0.25, 0.3) is 0 Å².